The Morgan fingerprint density at radius 1 is 1.33 bits per heavy atom. The second-order valence-electron chi connectivity index (χ2n) is 5.48. The van der Waals surface area contributed by atoms with Crippen LogP contribution in [0.5, 0.6) is 0 Å². The Hall–Kier alpha value is -1.90. The Kier molecular flexibility index (Phi) is 4.18. The topological polar surface area (TPSA) is 56.9 Å². The predicted octanol–water partition coefficient (Wildman–Crippen LogP) is 1.53. The minimum atomic E-state index is 0.364. The highest BCUT2D eigenvalue weighted by atomic mass is 15.2. The van der Waals surface area contributed by atoms with Crippen molar-refractivity contribution in [2.24, 2.45) is 0 Å². The standard InChI is InChI=1S/C16H21N5/c1-2-13-3-4-15-14(11-13)19-16(21(15)8-5-17)12-20-9-6-18-7-10-20/h3-4,11,18H,2,6-10,12H2,1H3. The molecule has 1 aliphatic heterocycles. The molecular formula is C16H21N5. The number of aromatic nitrogens is 2. The molecule has 0 radical (unpaired) electrons. The Labute approximate surface area is 125 Å². The molecule has 1 aromatic carbocycles. The van der Waals surface area contributed by atoms with E-state index < -0.39 is 0 Å². The van der Waals surface area contributed by atoms with Crippen LogP contribution in [0.25, 0.3) is 11.0 Å². The third kappa shape index (κ3) is 2.92. The van der Waals surface area contributed by atoms with Crippen LogP contribution in [0.2, 0.25) is 0 Å². The predicted molar refractivity (Wildman–Crippen MR) is 82.9 cm³/mol. The first-order valence-corrected chi connectivity index (χ1v) is 7.60. The van der Waals surface area contributed by atoms with Crippen molar-refractivity contribution in [3.63, 3.8) is 0 Å². The van der Waals surface area contributed by atoms with Gasteiger partial charge < -0.3 is 9.88 Å². The lowest BCUT2D eigenvalue weighted by molar-refractivity contribution is 0.226. The summed E-state index contributed by atoms with van der Waals surface area (Å²) in [5.41, 5.74) is 3.37. The van der Waals surface area contributed by atoms with Gasteiger partial charge in [-0.05, 0) is 24.1 Å². The highest BCUT2D eigenvalue weighted by Crippen LogP contribution is 2.19. The largest absolute Gasteiger partial charge is 0.314 e. The first-order chi connectivity index (χ1) is 10.3. The van der Waals surface area contributed by atoms with Crippen molar-refractivity contribution in [2.75, 3.05) is 26.2 Å². The smallest absolute Gasteiger partial charge is 0.125 e. The minimum absolute atomic E-state index is 0.364. The van der Waals surface area contributed by atoms with Gasteiger partial charge in [-0.15, -0.1) is 0 Å². The second-order valence-corrected chi connectivity index (χ2v) is 5.48. The minimum Gasteiger partial charge on any atom is -0.314 e. The zero-order valence-corrected chi connectivity index (χ0v) is 12.5. The molecule has 2 aromatic rings. The number of aryl methyl sites for hydroxylation is 1. The first-order valence-electron chi connectivity index (χ1n) is 7.60. The first kappa shape index (κ1) is 14.1. The highest BCUT2D eigenvalue weighted by molar-refractivity contribution is 5.77. The molecule has 0 saturated carbocycles. The summed E-state index contributed by atoms with van der Waals surface area (Å²) >= 11 is 0. The fourth-order valence-corrected chi connectivity index (χ4v) is 2.88. The SMILES string of the molecule is CCc1ccc2c(c1)nc(CN1CCNCC1)n2CC#N. The Morgan fingerprint density at radius 3 is 2.86 bits per heavy atom. The zero-order chi connectivity index (χ0) is 14.7. The molecule has 1 aromatic heterocycles. The number of nitriles is 1. The molecule has 0 spiro atoms. The molecule has 0 bridgehead atoms. The van der Waals surface area contributed by atoms with Gasteiger partial charge in [0.2, 0.25) is 0 Å². The molecule has 1 N–H and O–H groups in total. The van der Waals surface area contributed by atoms with Crippen molar-refractivity contribution in [1.29, 1.82) is 5.26 Å². The number of imidazole rings is 1. The zero-order valence-electron chi connectivity index (χ0n) is 12.5. The van der Waals surface area contributed by atoms with E-state index in [2.05, 4.69) is 46.0 Å². The molecule has 110 valence electrons. The number of benzene rings is 1. The van der Waals surface area contributed by atoms with Crippen molar-refractivity contribution in [3.8, 4) is 6.07 Å². The van der Waals surface area contributed by atoms with Crippen LogP contribution in [-0.4, -0.2) is 40.6 Å². The summed E-state index contributed by atoms with van der Waals surface area (Å²) in [6.45, 7) is 7.46. The van der Waals surface area contributed by atoms with E-state index in [-0.39, 0.29) is 0 Å². The van der Waals surface area contributed by atoms with E-state index in [1.165, 1.54) is 5.56 Å². The van der Waals surface area contributed by atoms with Gasteiger partial charge in [0.15, 0.2) is 0 Å². The quantitative estimate of drug-likeness (QED) is 0.924. The van der Waals surface area contributed by atoms with Crippen LogP contribution in [0.4, 0.5) is 0 Å². The highest BCUT2D eigenvalue weighted by Gasteiger charge is 2.16. The van der Waals surface area contributed by atoms with E-state index in [0.717, 1.165) is 56.0 Å². The van der Waals surface area contributed by atoms with Crippen LogP contribution >= 0.6 is 0 Å². The lowest BCUT2D eigenvalue weighted by Gasteiger charge is -2.26. The van der Waals surface area contributed by atoms with Crippen molar-refractivity contribution >= 4 is 11.0 Å². The van der Waals surface area contributed by atoms with Crippen molar-refractivity contribution < 1.29 is 0 Å². The summed E-state index contributed by atoms with van der Waals surface area (Å²) < 4.78 is 2.05. The van der Waals surface area contributed by atoms with E-state index in [1.807, 2.05) is 0 Å². The van der Waals surface area contributed by atoms with Crippen molar-refractivity contribution in [3.05, 3.63) is 29.6 Å². The molecular weight excluding hydrogens is 262 g/mol. The second kappa shape index (κ2) is 6.25. The van der Waals surface area contributed by atoms with Crippen LogP contribution in [0.1, 0.15) is 18.3 Å². The average molecular weight is 283 g/mol. The molecule has 21 heavy (non-hydrogen) atoms. The van der Waals surface area contributed by atoms with E-state index in [1.54, 1.807) is 0 Å². The van der Waals surface area contributed by atoms with E-state index >= 15 is 0 Å². The average Bonchev–Trinajstić information content (AvgIpc) is 2.85. The number of hydrogen-bond donors (Lipinski definition) is 1. The van der Waals surface area contributed by atoms with Gasteiger partial charge in [0.25, 0.3) is 0 Å². The van der Waals surface area contributed by atoms with Crippen LogP contribution in [-0.2, 0) is 19.5 Å². The Balaban J connectivity index is 1.95. The molecule has 5 heteroatoms. The Bertz CT molecular complexity index is 661. The summed E-state index contributed by atoms with van der Waals surface area (Å²) in [6, 6.07) is 8.63. The number of nitrogens with one attached hydrogen (secondary N) is 1. The summed E-state index contributed by atoms with van der Waals surface area (Å²) in [4.78, 5) is 7.18. The van der Waals surface area contributed by atoms with Crippen LogP contribution in [0.3, 0.4) is 0 Å². The van der Waals surface area contributed by atoms with Crippen LogP contribution in [0.15, 0.2) is 18.2 Å². The molecule has 0 amide bonds. The molecule has 1 aliphatic rings. The molecule has 0 aliphatic carbocycles. The number of rotatable bonds is 4. The maximum Gasteiger partial charge on any atom is 0.125 e. The molecule has 0 atom stereocenters. The van der Waals surface area contributed by atoms with Gasteiger partial charge in [-0.2, -0.15) is 5.26 Å². The van der Waals surface area contributed by atoms with Gasteiger partial charge in [0, 0.05) is 26.2 Å². The molecule has 1 saturated heterocycles. The summed E-state index contributed by atoms with van der Waals surface area (Å²) in [6.07, 6.45) is 1.01. The van der Waals surface area contributed by atoms with Crippen LogP contribution in [0, 0.1) is 11.3 Å². The summed E-state index contributed by atoms with van der Waals surface area (Å²) in [5, 5.41) is 12.5. The molecule has 0 unspecified atom stereocenters. The maximum absolute atomic E-state index is 9.11. The molecule has 2 heterocycles. The lowest BCUT2D eigenvalue weighted by atomic mass is 10.1. The monoisotopic (exact) mass is 283 g/mol. The third-order valence-electron chi connectivity index (χ3n) is 4.10. The van der Waals surface area contributed by atoms with Gasteiger partial charge >= 0.3 is 0 Å². The van der Waals surface area contributed by atoms with E-state index in [4.69, 9.17) is 10.2 Å². The van der Waals surface area contributed by atoms with Gasteiger partial charge in [0.1, 0.15) is 12.4 Å². The maximum atomic E-state index is 9.11. The Morgan fingerprint density at radius 2 is 2.14 bits per heavy atom. The molecule has 3 rings (SSSR count). The number of piperazine rings is 1. The summed E-state index contributed by atoms with van der Waals surface area (Å²) in [7, 11) is 0. The van der Waals surface area contributed by atoms with Gasteiger partial charge in [-0.25, -0.2) is 4.98 Å². The van der Waals surface area contributed by atoms with E-state index in [0.29, 0.717) is 6.54 Å². The number of hydrogen-bond acceptors (Lipinski definition) is 4. The fraction of sp³-hybridized carbons (Fsp3) is 0.500. The number of fused-ring (bicyclic) bond motifs is 1. The van der Waals surface area contributed by atoms with E-state index in [9.17, 15) is 0 Å². The molecule has 5 nitrogen and oxygen atoms in total. The lowest BCUT2D eigenvalue weighted by Crippen LogP contribution is -2.43. The number of nitrogens with zero attached hydrogens (tertiary/aromatic N) is 4. The van der Waals surface area contributed by atoms with Gasteiger partial charge in [-0.3, -0.25) is 4.90 Å². The van der Waals surface area contributed by atoms with Gasteiger partial charge in [-0.1, -0.05) is 13.0 Å². The van der Waals surface area contributed by atoms with Crippen molar-refractivity contribution in [1.82, 2.24) is 19.8 Å². The van der Waals surface area contributed by atoms with Crippen LogP contribution < -0.4 is 5.32 Å². The summed E-state index contributed by atoms with van der Waals surface area (Å²) in [5.74, 6) is 1.00. The normalized spacial score (nSPS) is 16.2. The third-order valence-corrected chi connectivity index (χ3v) is 4.10. The fourth-order valence-electron chi connectivity index (χ4n) is 2.88. The molecule has 1 fully saturated rings. The van der Waals surface area contributed by atoms with Gasteiger partial charge in [0.05, 0.1) is 23.6 Å². The van der Waals surface area contributed by atoms with Crippen molar-refractivity contribution in [2.45, 2.75) is 26.4 Å².